The van der Waals surface area contributed by atoms with Crippen molar-refractivity contribution < 1.29 is 33.2 Å². The third-order valence-electron chi connectivity index (χ3n) is 4.18. The van der Waals surface area contributed by atoms with Crippen molar-refractivity contribution in [3.05, 3.63) is 35.8 Å². The molecular formula is C14H15F3N6O4. The Morgan fingerprint density at radius 1 is 1.22 bits per heavy atom. The number of aliphatic hydroxyl groups is 3. The molecule has 1 fully saturated rings. The van der Waals surface area contributed by atoms with Crippen LogP contribution in [0.15, 0.2) is 23.6 Å². The average Bonchev–Trinajstić information content (AvgIpc) is 3.11. The van der Waals surface area contributed by atoms with E-state index in [4.69, 9.17) is 10.3 Å². The van der Waals surface area contributed by atoms with Gasteiger partial charge >= 0.3 is 0 Å². The highest BCUT2D eigenvalue weighted by molar-refractivity contribution is 5.57. The SMILES string of the molecule is N=NN[C@@H]1O[C@H](CO)[C@H](O)[C@H](n2cc(-c3cc(F)c(F)c(F)c3)nn2)[C@H]1O. The molecule has 0 unspecified atom stereocenters. The van der Waals surface area contributed by atoms with Crippen molar-refractivity contribution in [3.63, 3.8) is 0 Å². The lowest BCUT2D eigenvalue weighted by Gasteiger charge is -2.41. The standard InChI is InChI=1S/C14H15F3N6O4/c15-6-1-5(2-7(16)10(6)17)8-3-23(22-19-8)11-12(25)9(4-24)27-14(13(11)26)20-21-18/h1-3,9,11-14,24-26H,4H2,(H2,18,20)/t9-,11+,12+,13-,14-/m1/s1. The number of rotatable bonds is 5. The van der Waals surface area contributed by atoms with Crippen LogP contribution in [0.4, 0.5) is 13.2 Å². The quantitative estimate of drug-likeness (QED) is 0.272. The predicted molar refractivity (Wildman–Crippen MR) is 80.4 cm³/mol. The second-order valence-corrected chi connectivity index (χ2v) is 5.83. The summed E-state index contributed by atoms with van der Waals surface area (Å²) in [5.74, 6) is -4.44. The largest absolute Gasteiger partial charge is 0.394 e. The second kappa shape index (κ2) is 7.56. The van der Waals surface area contributed by atoms with E-state index in [1.807, 2.05) is 0 Å². The van der Waals surface area contributed by atoms with Gasteiger partial charge in [0.25, 0.3) is 0 Å². The molecule has 0 aliphatic carbocycles. The highest BCUT2D eigenvalue weighted by Gasteiger charge is 2.46. The molecular weight excluding hydrogens is 373 g/mol. The predicted octanol–water partition coefficient (Wildman–Crippen LogP) is -0.122. The summed E-state index contributed by atoms with van der Waals surface area (Å²) in [6, 6.07) is 0.263. The van der Waals surface area contributed by atoms with Crippen LogP contribution in [0.25, 0.3) is 11.3 Å². The molecule has 146 valence electrons. The number of hydrogen-bond acceptors (Lipinski definition) is 8. The number of hydrogen-bond donors (Lipinski definition) is 5. The second-order valence-electron chi connectivity index (χ2n) is 5.83. The number of halogens is 3. The van der Waals surface area contributed by atoms with Crippen molar-refractivity contribution >= 4 is 0 Å². The molecule has 1 aliphatic heterocycles. The van der Waals surface area contributed by atoms with Crippen molar-refractivity contribution in [2.24, 2.45) is 5.22 Å². The maximum absolute atomic E-state index is 13.4. The molecule has 1 aromatic carbocycles. The third kappa shape index (κ3) is 3.49. The van der Waals surface area contributed by atoms with Crippen molar-refractivity contribution in [1.29, 1.82) is 5.53 Å². The van der Waals surface area contributed by atoms with E-state index in [0.29, 0.717) is 0 Å². The summed E-state index contributed by atoms with van der Waals surface area (Å²) in [5.41, 5.74) is 8.83. The number of nitrogens with one attached hydrogen (secondary N) is 2. The summed E-state index contributed by atoms with van der Waals surface area (Å²) in [6.07, 6.45) is -4.08. The van der Waals surface area contributed by atoms with Crippen LogP contribution in [0, 0.1) is 23.0 Å². The van der Waals surface area contributed by atoms with Gasteiger partial charge in [-0.3, -0.25) is 5.43 Å². The topological polar surface area (TPSA) is 149 Å². The summed E-state index contributed by atoms with van der Waals surface area (Å²) < 4.78 is 46.2. The number of ether oxygens (including phenoxy) is 1. The fourth-order valence-electron chi connectivity index (χ4n) is 2.84. The van der Waals surface area contributed by atoms with Crippen molar-refractivity contribution in [2.45, 2.75) is 30.6 Å². The first kappa shape index (κ1) is 19.2. The van der Waals surface area contributed by atoms with Gasteiger partial charge in [0.2, 0.25) is 0 Å². The smallest absolute Gasteiger partial charge is 0.194 e. The highest BCUT2D eigenvalue weighted by atomic mass is 19.2. The Balaban J connectivity index is 1.95. The van der Waals surface area contributed by atoms with E-state index >= 15 is 0 Å². The van der Waals surface area contributed by atoms with Crippen LogP contribution in [0.1, 0.15) is 6.04 Å². The molecule has 13 heteroatoms. The number of aromatic nitrogens is 3. The van der Waals surface area contributed by atoms with Crippen molar-refractivity contribution in [3.8, 4) is 11.3 Å². The number of benzene rings is 1. The third-order valence-corrected chi connectivity index (χ3v) is 4.18. The maximum Gasteiger partial charge on any atom is 0.194 e. The Morgan fingerprint density at radius 3 is 2.48 bits per heavy atom. The van der Waals surface area contributed by atoms with Gasteiger partial charge in [0.15, 0.2) is 23.7 Å². The summed E-state index contributed by atoms with van der Waals surface area (Å²) in [6.45, 7) is -0.601. The first-order chi connectivity index (χ1) is 12.9. The molecule has 2 aromatic rings. The van der Waals surface area contributed by atoms with Gasteiger partial charge in [-0.1, -0.05) is 10.4 Å². The fourth-order valence-corrected chi connectivity index (χ4v) is 2.84. The molecule has 10 nitrogen and oxygen atoms in total. The van der Waals surface area contributed by atoms with Crippen LogP contribution in [-0.2, 0) is 4.74 Å². The van der Waals surface area contributed by atoms with E-state index in [2.05, 4.69) is 21.0 Å². The lowest BCUT2D eigenvalue weighted by atomic mass is 9.95. The molecule has 5 N–H and O–H groups in total. The monoisotopic (exact) mass is 388 g/mol. The van der Waals surface area contributed by atoms with Gasteiger partial charge in [0.05, 0.1) is 12.8 Å². The lowest BCUT2D eigenvalue weighted by Crippen LogP contribution is -2.59. The molecule has 0 amide bonds. The van der Waals surface area contributed by atoms with E-state index in [-0.39, 0.29) is 11.3 Å². The molecule has 1 aromatic heterocycles. The van der Waals surface area contributed by atoms with Crippen molar-refractivity contribution in [1.82, 2.24) is 20.4 Å². The summed E-state index contributed by atoms with van der Waals surface area (Å²) in [5, 5.41) is 40.4. The van der Waals surface area contributed by atoms with E-state index in [9.17, 15) is 28.5 Å². The van der Waals surface area contributed by atoms with Crippen LogP contribution in [0.3, 0.4) is 0 Å². The normalized spacial score (nSPS) is 28.1. The van der Waals surface area contributed by atoms with Gasteiger partial charge in [-0.2, -0.15) is 5.53 Å². The van der Waals surface area contributed by atoms with E-state index < -0.39 is 54.6 Å². The zero-order valence-electron chi connectivity index (χ0n) is 13.5. The van der Waals surface area contributed by atoms with Crippen molar-refractivity contribution in [2.75, 3.05) is 6.61 Å². The summed E-state index contributed by atoms with van der Waals surface area (Å²) >= 11 is 0. The Labute approximate surface area is 149 Å². The maximum atomic E-state index is 13.4. The van der Waals surface area contributed by atoms with E-state index in [1.54, 1.807) is 0 Å². The van der Waals surface area contributed by atoms with Gasteiger partial charge in [0.1, 0.15) is 30.0 Å². The Bertz CT molecular complexity index is 814. The lowest BCUT2D eigenvalue weighted by molar-refractivity contribution is -0.214. The van der Waals surface area contributed by atoms with Crippen LogP contribution < -0.4 is 5.43 Å². The first-order valence-corrected chi connectivity index (χ1v) is 7.68. The van der Waals surface area contributed by atoms with Crippen LogP contribution in [0.5, 0.6) is 0 Å². The van der Waals surface area contributed by atoms with E-state index in [1.165, 1.54) is 6.20 Å². The first-order valence-electron chi connectivity index (χ1n) is 7.68. The number of nitrogens with zero attached hydrogens (tertiary/aromatic N) is 4. The van der Waals surface area contributed by atoms with Crippen LogP contribution in [0.2, 0.25) is 0 Å². The van der Waals surface area contributed by atoms with Gasteiger partial charge in [-0.25, -0.2) is 17.9 Å². The average molecular weight is 388 g/mol. The fraction of sp³-hybridized carbons (Fsp3) is 0.429. The summed E-state index contributed by atoms with van der Waals surface area (Å²) in [4.78, 5) is 0. The van der Waals surface area contributed by atoms with Gasteiger partial charge in [0, 0.05) is 5.56 Å². The molecule has 1 saturated heterocycles. The zero-order valence-corrected chi connectivity index (χ0v) is 13.5. The molecule has 3 rings (SSSR count). The van der Waals surface area contributed by atoms with Crippen LogP contribution >= 0.6 is 0 Å². The van der Waals surface area contributed by atoms with E-state index in [0.717, 1.165) is 16.8 Å². The molecule has 0 bridgehead atoms. The Hall–Kier alpha value is -2.61. The van der Waals surface area contributed by atoms with Gasteiger partial charge in [-0.15, -0.1) is 5.10 Å². The Morgan fingerprint density at radius 2 is 1.89 bits per heavy atom. The molecule has 0 radical (unpaired) electrons. The summed E-state index contributed by atoms with van der Waals surface area (Å²) in [7, 11) is 0. The minimum absolute atomic E-state index is 0.0473. The molecule has 0 saturated carbocycles. The molecule has 0 spiro atoms. The van der Waals surface area contributed by atoms with Gasteiger partial charge in [-0.05, 0) is 12.1 Å². The minimum atomic E-state index is -1.62. The highest BCUT2D eigenvalue weighted by Crippen LogP contribution is 2.30. The van der Waals surface area contributed by atoms with Crippen LogP contribution in [-0.4, -0.2) is 61.5 Å². The Kier molecular flexibility index (Phi) is 5.36. The zero-order chi connectivity index (χ0) is 19.7. The molecule has 1 aliphatic rings. The minimum Gasteiger partial charge on any atom is -0.394 e. The van der Waals surface area contributed by atoms with Gasteiger partial charge < -0.3 is 20.1 Å². The molecule has 27 heavy (non-hydrogen) atoms. The molecule has 2 heterocycles. The molecule has 5 atom stereocenters. The number of aliphatic hydroxyl groups excluding tert-OH is 3.